The van der Waals surface area contributed by atoms with Crippen LogP contribution in [0.5, 0.6) is 0 Å². The summed E-state index contributed by atoms with van der Waals surface area (Å²) in [6, 6.07) is 1.20. The lowest BCUT2D eigenvalue weighted by Gasteiger charge is -2.25. The Bertz CT molecular complexity index is 549. The van der Waals surface area contributed by atoms with Gasteiger partial charge in [0, 0.05) is 18.3 Å². The van der Waals surface area contributed by atoms with Crippen LogP contribution in [-0.2, 0) is 11.2 Å². The maximum Gasteiger partial charge on any atom is 0.325 e. The Hall–Kier alpha value is -1.89. The highest BCUT2D eigenvalue weighted by Crippen LogP contribution is 2.23. The molecule has 0 aliphatic heterocycles. The molecule has 20 heavy (non-hydrogen) atoms. The molecular weight excluding hydrogens is 262 g/mol. The van der Waals surface area contributed by atoms with E-state index in [4.69, 9.17) is 0 Å². The third-order valence-electron chi connectivity index (χ3n) is 3.51. The molecule has 2 rings (SSSR count). The molecule has 1 fully saturated rings. The van der Waals surface area contributed by atoms with Crippen molar-refractivity contribution in [1.82, 2.24) is 15.3 Å². The number of aliphatic hydroxyl groups excluding tert-OH is 1. The smallest absolute Gasteiger partial charge is 0.325 e. The second-order valence-electron chi connectivity index (χ2n) is 5.28. The number of rotatable bonds is 4. The number of carbonyl (C=O) groups excluding carboxylic acids is 1. The van der Waals surface area contributed by atoms with E-state index >= 15 is 0 Å². The molecule has 1 aromatic heterocycles. The molecule has 1 aliphatic rings. The standard InChI is InChI=1S/C13H19N3O4/c17-10-3-1-2-8(4-10)7-14-11(18)5-9-6-12(19)16-13(20)15-9/h6,8,10,17H,1-5,7H2,(H,14,18)(H2,15,16,19,20). The highest BCUT2D eigenvalue weighted by atomic mass is 16.3. The quantitative estimate of drug-likeness (QED) is 0.582. The van der Waals surface area contributed by atoms with Gasteiger partial charge in [0.2, 0.25) is 5.91 Å². The fourth-order valence-electron chi connectivity index (χ4n) is 2.56. The van der Waals surface area contributed by atoms with Gasteiger partial charge in [0.15, 0.2) is 0 Å². The summed E-state index contributed by atoms with van der Waals surface area (Å²) in [5.74, 6) is 0.0484. The van der Waals surface area contributed by atoms with Crippen LogP contribution in [0.3, 0.4) is 0 Å². The van der Waals surface area contributed by atoms with Crippen LogP contribution in [0, 0.1) is 5.92 Å². The molecule has 110 valence electrons. The third kappa shape index (κ3) is 4.34. The number of nitrogens with one attached hydrogen (secondary N) is 3. The van der Waals surface area contributed by atoms with E-state index in [0.29, 0.717) is 24.6 Å². The monoisotopic (exact) mass is 281 g/mol. The van der Waals surface area contributed by atoms with Gasteiger partial charge in [-0.25, -0.2) is 4.79 Å². The molecule has 0 radical (unpaired) electrons. The van der Waals surface area contributed by atoms with Gasteiger partial charge in [-0.3, -0.25) is 14.6 Å². The number of aliphatic hydroxyl groups is 1. The van der Waals surface area contributed by atoms with Crippen LogP contribution in [-0.4, -0.2) is 33.6 Å². The van der Waals surface area contributed by atoms with Gasteiger partial charge in [-0.2, -0.15) is 0 Å². The summed E-state index contributed by atoms with van der Waals surface area (Å²) in [6.45, 7) is 0.517. The molecule has 2 atom stereocenters. The van der Waals surface area contributed by atoms with Crippen LogP contribution < -0.4 is 16.6 Å². The van der Waals surface area contributed by atoms with Crippen molar-refractivity contribution in [2.24, 2.45) is 5.92 Å². The Balaban J connectivity index is 1.83. The summed E-state index contributed by atoms with van der Waals surface area (Å²) in [6.07, 6.45) is 3.21. The van der Waals surface area contributed by atoms with Crippen LogP contribution in [0.4, 0.5) is 0 Å². The molecule has 0 aromatic carbocycles. The number of aromatic amines is 2. The molecule has 0 spiro atoms. The summed E-state index contributed by atoms with van der Waals surface area (Å²) in [5.41, 5.74) is -0.845. The Morgan fingerprint density at radius 1 is 1.35 bits per heavy atom. The minimum absolute atomic E-state index is 0.0333. The number of hydrogen-bond donors (Lipinski definition) is 4. The molecule has 1 amide bonds. The number of hydrogen-bond acceptors (Lipinski definition) is 4. The summed E-state index contributed by atoms with van der Waals surface area (Å²) >= 11 is 0. The van der Waals surface area contributed by atoms with Crippen molar-refractivity contribution in [3.8, 4) is 0 Å². The van der Waals surface area contributed by atoms with Crippen molar-refractivity contribution in [2.45, 2.75) is 38.2 Å². The Morgan fingerprint density at radius 2 is 2.15 bits per heavy atom. The van der Waals surface area contributed by atoms with Gasteiger partial charge in [0.1, 0.15) is 0 Å². The van der Waals surface area contributed by atoms with Crippen LogP contribution in [0.25, 0.3) is 0 Å². The molecule has 1 aromatic rings. The zero-order valence-electron chi connectivity index (χ0n) is 11.1. The van der Waals surface area contributed by atoms with Crippen molar-refractivity contribution in [3.05, 3.63) is 32.6 Å². The highest BCUT2D eigenvalue weighted by molar-refractivity contribution is 5.78. The Morgan fingerprint density at radius 3 is 2.85 bits per heavy atom. The van der Waals surface area contributed by atoms with Gasteiger partial charge in [0.25, 0.3) is 5.56 Å². The SMILES string of the molecule is O=C(Cc1cc(=O)[nH]c(=O)[nH]1)NCC1CCCC(O)C1. The van der Waals surface area contributed by atoms with Gasteiger partial charge in [-0.15, -0.1) is 0 Å². The molecule has 7 heteroatoms. The van der Waals surface area contributed by atoms with Gasteiger partial charge in [-0.1, -0.05) is 6.42 Å². The van der Waals surface area contributed by atoms with Gasteiger partial charge in [0.05, 0.1) is 12.5 Å². The van der Waals surface area contributed by atoms with E-state index in [1.165, 1.54) is 6.07 Å². The van der Waals surface area contributed by atoms with Crippen LogP contribution >= 0.6 is 0 Å². The summed E-state index contributed by atoms with van der Waals surface area (Å²) in [5, 5.41) is 12.3. The first-order chi connectivity index (χ1) is 9.52. The third-order valence-corrected chi connectivity index (χ3v) is 3.51. The molecule has 1 saturated carbocycles. The molecule has 1 heterocycles. The predicted molar refractivity (Wildman–Crippen MR) is 72.4 cm³/mol. The van der Waals surface area contributed by atoms with Crippen LogP contribution in [0.15, 0.2) is 15.7 Å². The average Bonchev–Trinajstić information content (AvgIpc) is 2.35. The van der Waals surface area contributed by atoms with Crippen molar-refractivity contribution in [3.63, 3.8) is 0 Å². The fraction of sp³-hybridized carbons (Fsp3) is 0.615. The largest absolute Gasteiger partial charge is 0.393 e. The summed E-state index contributed by atoms with van der Waals surface area (Å²) in [4.78, 5) is 38.4. The lowest BCUT2D eigenvalue weighted by atomic mass is 9.87. The number of carbonyl (C=O) groups is 1. The fourth-order valence-corrected chi connectivity index (χ4v) is 2.56. The molecule has 0 saturated heterocycles. The van der Waals surface area contributed by atoms with Crippen molar-refractivity contribution in [1.29, 1.82) is 0 Å². The first-order valence-corrected chi connectivity index (χ1v) is 6.80. The second kappa shape index (κ2) is 6.51. The maximum atomic E-state index is 11.8. The Kier molecular flexibility index (Phi) is 4.73. The summed E-state index contributed by atoms with van der Waals surface area (Å²) < 4.78 is 0. The summed E-state index contributed by atoms with van der Waals surface area (Å²) in [7, 11) is 0. The number of amides is 1. The van der Waals surface area contributed by atoms with E-state index in [1.54, 1.807) is 0 Å². The molecule has 4 N–H and O–H groups in total. The average molecular weight is 281 g/mol. The topological polar surface area (TPSA) is 115 Å². The molecule has 7 nitrogen and oxygen atoms in total. The van der Waals surface area contributed by atoms with Gasteiger partial charge >= 0.3 is 5.69 Å². The number of H-pyrrole nitrogens is 2. The number of aromatic nitrogens is 2. The maximum absolute atomic E-state index is 11.8. The second-order valence-corrected chi connectivity index (χ2v) is 5.28. The molecule has 2 unspecified atom stereocenters. The van der Waals surface area contributed by atoms with Gasteiger partial charge in [-0.05, 0) is 25.2 Å². The van der Waals surface area contributed by atoms with Gasteiger partial charge < -0.3 is 15.4 Å². The van der Waals surface area contributed by atoms with E-state index in [0.717, 1.165) is 19.3 Å². The Labute approximate surface area is 115 Å². The lowest BCUT2D eigenvalue weighted by molar-refractivity contribution is -0.120. The zero-order chi connectivity index (χ0) is 14.5. The van der Waals surface area contributed by atoms with E-state index in [1.807, 2.05) is 4.98 Å². The molecule has 0 bridgehead atoms. The van der Waals surface area contributed by atoms with Crippen molar-refractivity contribution >= 4 is 5.91 Å². The van der Waals surface area contributed by atoms with E-state index in [-0.39, 0.29) is 18.4 Å². The zero-order valence-corrected chi connectivity index (χ0v) is 11.1. The molecule has 1 aliphatic carbocycles. The van der Waals surface area contributed by atoms with Crippen LogP contribution in [0.2, 0.25) is 0 Å². The molecular formula is C13H19N3O4. The first kappa shape index (κ1) is 14.5. The minimum atomic E-state index is -0.615. The van der Waals surface area contributed by atoms with Crippen molar-refractivity contribution < 1.29 is 9.90 Å². The minimum Gasteiger partial charge on any atom is -0.393 e. The normalized spacial score (nSPS) is 22.4. The van der Waals surface area contributed by atoms with Crippen LogP contribution in [0.1, 0.15) is 31.4 Å². The van der Waals surface area contributed by atoms with E-state index in [9.17, 15) is 19.5 Å². The highest BCUT2D eigenvalue weighted by Gasteiger charge is 2.20. The van der Waals surface area contributed by atoms with Crippen molar-refractivity contribution in [2.75, 3.05) is 6.54 Å². The first-order valence-electron chi connectivity index (χ1n) is 6.80. The lowest BCUT2D eigenvalue weighted by Crippen LogP contribution is -2.34. The van der Waals surface area contributed by atoms with E-state index in [2.05, 4.69) is 10.3 Å². The predicted octanol–water partition coefficient (Wildman–Crippen LogP) is -0.727. The van der Waals surface area contributed by atoms with E-state index < -0.39 is 11.2 Å².